The fourth-order valence-corrected chi connectivity index (χ4v) is 1.13. The molecule has 1 unspecified atom stereocenters. The van der Waals surface area contributed by atoms with Crippen LogP contribution in [0.4, 0.5) is 0 Å². The maximum Gasteiger partial charge on any atom is 0.135 e. The van der Waals surface area contributed by atoms with Crippen molar-refractivity contribution in [1.82, 2.24) is 0 Å². The lowest BCUT2D eigenvalue weighted by molar-refractivity contribution is 0.570. The van der Waals surface area contributed by atoms with Crippen LogP contribution in [0.5, 0.6) is 0 Å². The lowest BCUT2D eigenvalue weighted by Crippen LogP contribution is -1.67. The van der Waals surface area contributed by atoms with E-state index < -0.39 is 0 Å². The number of carbonyl (C=O) groups excluding carboxylic acids is 1. The molecule has 2 heteroatoms. The zero-order valence-electron chi connectivity index (χ0n) is 7.18. The summed E-state index contributed by atoms with van der Waals surface area (Å²) in [6, 6.07) is 17.4. The van der Waals surface area contributed by atoms with E-state index in [1.54, 1.807) is 0 Å². The number of hydrogen-bond donors (Lipinski definition) is 0. The van der Waals surface area contributed by atoms with E-state index in [1.165, 1.54) is 10.8 Å². The van der Waals surface area contributed by atoms with Crippen molar-refractivity contribution >= 4 is 26.0 Å². The molecule has 0 aromatic heterocycles. The van der Waals surface area contributed by atoms with E-state index in [0.717, 1.165) is 0 Å². The van der Waals surface area contributed by atoms with E-state index in [9.17, 15) is 0 Å². The van der Waals surface area contributed by atoms with Crippen LogP contribution in [0.1, 0.15) is 0 Å². The summed E-state index contributed by atoms with van der Waals surface area (Å²) in [5, 5.41) is 2.62. The smallest absolute Gasteiger partial charge is 0.135 e. The molecule has 0 heterocycles. The van der Waals surface area contributed by atoms with Crippen molar-refractivity contribution in [2.45, 2.75) is 0 Å². The quantitative estimate of drug-likeness (QED) is 0.461. The van der Waals surface area contributed by atoms with Gasteiger partial charge in [-0.15, -0.1) is 0 Å². The van der Waals surface area contributed by atoms with Gasteiger partial charge in [0.25, 0.3) is 0 Å². The summed E-state index contributed by atoms with van der Waals surface area (Å²) in [6.07, 6.45) is 0. The second-order valence-electron chi connectivity index (χ2n) is 2.48. The van der Waals surface area contributed by atoms with Gasteiger partial charge in [-0.2, -0.15) is 0 Å². The third kappa shape index (κ3) is 2.96. The molecule has 0 amide bonds. The van der Waals surface area contributed by atoms with Crippen molar-refractivity contribution in [2.24, 2.45) is 0 Å². The maximum absolute atomic E-state index is 8.77. The Morgan fingerprint density at radius 2 is 1.08 bits per heavy atom. The normalized spacial score (nSPS) is 8.69. The number of carbonyl (C=O) groups is 1. The lowest BCUT2D eigenvalue weighted by Gasteiger charge is -1.92. The van der Waals surface area contributed by atoms with Crippen LogP contribution in [-0.2, 0) is 4.79 Å². The molecule has 1 nitrogen and oxygen atoms in total. The molecule has 13 heavy (non-hydrogen) atoms. The van der Waals surface area contributed by atoms with Crippen LogP contribution in [0.3, 0.4) is 0 Å². The molecule has 0 radical (unpaired) electrons. The lowest BCUT2D eigenvalue weighted by atomic mass is 10.1. The molecule has 2 rings (SSSR count). The Morgan fingerprint density at radius 1 is 0.846 bits per heavy atom. The predicted octanol–water partition coefficient (Wildman–Crippen LogP) is 2.89. The minimum atomic E-state index is 0.667. The molecule has 0 aliphatic carbocycles. The Labute approximate surface area is 80.0 Å². The zero-order valence-corrected chi connectivity index (χ0v) is 8.34. The first kappa shape index (κ1) is 9.88. The number of hydrogen-bond acceptors (Lipinski definition) is 1. The molecule has 2 aromatic carbocycles. The van der Waals surface area contributed by atoms with Gasteiger partial charge in [-0.3, -0.25) is 4.79 Å². The van der Waals surface area contributed by atoms with Crippen LogP contribution < -0.4 is 0 Å². The van der Waals surface area contributed by atoms with E-state index in [0.29, 0.717) is 6.03 Å². The van der Waals surface area contributed by atoms with E-state index in [-0.39, 0.29) is 0 Å². The van der Waals surface area contributed by atoms with Crippen molar-refractivity contribution < 1.29 is 4.79 Å². The molecule has 0 fully saturated rings. The van der Waals surface area contributed by atoms with Crippen LogP contribution >= 0.6 is 9.24 Å². The molecular weight excluding hydrogens is 179 g/mol. The van der Waals surface area contributed by atoms with Gasteiger partial charge in [0.05, 0.1) is 0 Å². The van der Waals surface area contributed by atoms with Crippen LogP contribution in [0.25, 0.3) is 10.8 Å². The Morgan fingerprint density at radius 3 is 1.31 bits per heavy atom. The molecular formula is C11H11OP. The molecule has 0 bridgehead atoms. The summed E-state index contributed by atoms with van der Waals surface area (Å²) in [5.41, 5.74) is 0. The number of fused-ring (bicyclic) bond motifs is 1. The van der Waals surface area contributed by atoms with E-state index in [4.69, 9.17) is 4.79 Å². The van der Waals surface area contributed by atoms with Gasteiger partial charge in [0, 0.05) is 0 Å². The molecule has 0 aliphatic rings. The standard InChI is InChI=1S/C10H8.CH3OP/c1-2-6-10-8-4-3-7-9(10)5-1;2-1-3/h1-8H;1H,3H2. The van der Waals surface area contributed by atoms with Crippen molar-refractivity contribution in [2.75, 3.05) is 0 Å². The van der Waals surface area contributed by atoms with E-state index in [2.05, 4.69) is 48.5 Å². The Bertz CT molecular complexity index is 319. The summed E-state index contributed by atoms with van der Waals surface area (Å²) in [6.45, 7) is 0. The number of rotatable bonds is 0. The largest absolute Gasteiger partial charge is 0.299 e. The first-order valence-electron chi connectivity index (χ1n) is 3.97. The van der Waals surface area contributed by atoms with Gasteiger partial charge in [-0.05, 0) is 10.8 Å². The first-order chi connectivity index (χ1) is 6.38. The topological polar surface area (TPSA) is 17.1 Å². The highest BCUT2D eigenvalue weighted by Crippen LogP contribution is 2.11. The average Bonchev–Trinajstić information content (AvgIpc) is 2.19. The van der Waals surface area contributed by atoms with Crippen LogP contribution in [-0.4, -0.2) is 6.03 Å². The number of benzene rings is 2. The van der Waals surface area contributed by atoms with Gasteiger partial charge in [-0.25, -0.2) is 0 Å². The summed E-state index contributed by atoms with van der Waals surface area (Å²) in [4.78, 5) is 8.77. The highest BCUT2D eigenvalue weighted by molar-refractivity contribution is 7.36. The monoisotopic (exact) mass is 190 g/mol. The Kier molecular flexibility index (Phi) is 4.14. The summed E-state index contributed by atoms with van der Waals surface area (Å²) in [5.74, 6) is 0. The van der Waals surface area contributed by atoms with E-state index in [1.807, 2.05) is 9.24 Å². The fraction of sp³-hybridized carbons (Fsp3) is 0. The first-order valence-corrected chi connectivity index (χ1v) is 4.64. The third-order valence-electron chi connectivity index (χ3n) is 1.66. The van der Waals surface area contributed by atoms with Crippen molar-refractivity contribution in [3.05, 3.63) is 48.5 Å². The predicted molar refractivity (Wildman–Crippen MR) is 60.4 cm³/mol. The summed E-state index contributed by atoms with van der Waals surface area (Å²) in [7, 11) is 1.90. The third-order valence-corrected chi connectivity index (χ3v) is 1.66. The zero-order chi connectivity index (χ0) is 9.52. The van der Waals surface area contributed by atoms with Gasteiger partial charge >= 0.3 is 0 Å². The van der Waals surface area contributed by atoms with Gasteiger partial charge in [-0.1, -0.05) is 57.8 Å². The summed E-state index contributed by atoms with van der Waals surface area (Å²) >= 11 is 0. The molecule has 0 saturated heterocycles. The fourth-order valence-electron chi connectivity index (χ4n) is 1.13. The molecule has 1 atom stereocenters. The highest BCUT2D eigenvalue weighted by Gasteiger charge is 1.85. The van der Waals surface area contributed by atoms with Crippen LogP contribution in [0, 0.1) is 0 Å². The minimum absolute atomic E-state index is 0.667. The van der Waals surface area contributed by atoms with Crippen LogP contribution in [0.2, 0.25) is 0 Å². The Balaban J connectivity index is 0.000000251. The van der Waals surface area contributed by atoms with Crippen LogP contribution in [0.15, 0.2) is 48.5 Å². The highest BCUT2D eigenvalue weighted by atomic mass is 31.0. The second kappa shape index (κ2) is 5.45. The molecule has 0 spiro atoms. The van der Waals surface area contributed by atoms with Crippen molar-refractivity contribution in [1.29, 1.82) is 0 Å². The molecule has 2 aromatic rings. The molecule has 66 valence electrons. The average molecular weight is 190 g/mol. The van der Waals surface area contributed by atoms with Gasteiger partial charge in [0.15, 0.2) is 0 Å². The SMILES string of the molecule is O=CP.c1ccc2ccccc2c1. The molecule has 0 saturated carbocycles. The van der Waals surface area contributed by atoms with E-state index >= 15 is 0 Å². The second-order valence-corrected chi connectivity index (χ2v) is 2.76. The maximum atomic E-state index is 8.77. The molecule has 0 N–H and O–H groups in total. The van der Waals surface area contributed by atoms with Crippen molar-refractivity contribution in [3.63, 3.8) is 0 Å². The summed E-state index contributed by atoms with van der Waals surface area (Å²) < 4.78 is 0. The Hall–Kier alpha value is -1.20. The van der Waals surface area contributed by atoms with Crippen molar-refractivity contribution in [3.8, 4) is 0 Å². The van der Waals surface area contributed by atoms with Gasteiger partial charge in [0.2, 0.25) is 0 Å². The van der Waals surface area contributed by atoms with Gasteiger partial charge < -0.3 is 0 Å². The molecule has 0 aliphatic heterocycles. The minimum Gasteiger partial charge on any atom is -0.299 e. The van der Waals surface area contributed by atoms with Gasteiger partial charge in [0.1, 0.15) is 6.03 Å².